The minimum Gasteiger partial charge on any atom is -0.480 e. The number of benzene rings is 3. The molecule has 4 aromatic rings. The molecule has 0 radical (unpaired) electrons. The Kier molecular flexibility index (Phi) is 9.81. The Bertz CT molecular complexity index is 1780. The standard InChI is InChI=1S/C36H42N8O3S/c1-6-29(47-30-20-15-25(23-24(30)3)36(4,5)7-2)33(45)37-26-16-18-28(19-17-26)43-34(46)31(32(39-43)42-21-11-12-22-42)48-35-38-40-41-44(35)27-13-9-8-10-14-27/h8-10,13-20,23,29,31H,6-7,11-12,21-22H2,1-5H3,(H,37,45). The van der Waals surface area contributed by atoms with Crippen LogP contribution in [-0.2, 0) is 15.0 Å². The maximum Gasteiger partial charge on any atom is 0.268 e. The van der Waals surface area contributed by atoms with Crippen LogP contribution in [0, 0.1) is 6.92 Å². The number of aryl methyl sites for hydroxylation is 1. The number of tetrazole rings is 1. The first-order valence-electron chi connectivity index (χ1n) is 16.5. The Morgan fingerprint density at radius 1 is 1.02 bits per heavy atom. The number of likely N-dealkylation sites (tertiary alicyclic amines) is 1. The molecule has 1 aromatic heterocycles. The molecule has 1 N–H and O–H groups in total. The molecule has 0 spiro atoms. The van der Waals surface area contributed by atoms with Crippen LogP contribution in [-0.4, -0.2) is 67.2 Å². The predicted octanol–water partition coefficient (Wildman–Crippen LogP) is 6.37. The number of aromatic nitrogens is 4. The van der Waals surface area contributed by atoms with Crippen molar-refractivity contribution in [1.29, 1.82) is 0 Å². The summed E-state index contributed by atoms with van der Waals surface area (Å²) in [6.45, 7) is 12.3. The Morgan fingerprint density at radius 2 is 1.75 bits per heavy atom. The van der Waals surface area contributed by atoms with Crippen molar-refractivity contribution in [2.75, 3.05) is 23.4 Å². The van der Waals surface area contributed by atoms with E-state index < -0.39 is 11.4 Å². The van der Waals surface area contributed by atoms with Crippen LogP contribution in [0.25, 0.3) is 5.69 Å². The van der Waals surface area contributed by atoms with E-state index in [0.29, 0.717) is 34.5 Å². The maximum absolute atomic E-state index is 13.9. The van der Waals surface area contributed by atoms with Crippen LogP contribution in [0.5, 0.6) is 5.75 Å². The summed E-state index contributed by atoms with van der Waals surface area (Å²) in [6.07, 6.45) is 2.97. The Hall–Kier alpha value is -4.71. The number of carbonyl (C=O) groups excluding carboxylic acids is 2. The first-order chi connectivity index (χ1) is 23.2. The summed E-state index contributed by atoms with van der Waals surface area (Å²) in [4.78, 5) is 29.4. The molecule has 0 saturated carbocycles. The zero-order valence-corrected chi connectivity index (χ0v) is 28.9. The number of amides is 2. The number of rotatable bonds is 11. The summed E-state index contributed by atoms with van der Waals surface area (Å²) in [5.74, 6) is 0.991. The van der Waals surface area contributed by atoms with Gasteiger partial charge in [0.1, 0.15) is 11.6 Å². The SMILES string of the molecule is CCC(Oc1ccc(C(C)(C)CC)cc1C)C(=O)Nc1ccc(N2N=C(N3CCCC3)C(Sc3nnnn3-c3ccccc3)C2=O)cc1. The first kappa shape index (κ1) is 33.2. The van der Waals surface area contributed by atoms with Crippen molar-refractivity contribution in [2.45, 2.75) is 82.2 Å². The third kappa shape index (κ3) is 6.94. The molecule has 3 aromatic carbocycles. The normalized spacial score (nSPS) is 17.1. The zero-order valence-electron chi connectivity index (χ0n) is 28.1. The van der Waals surface area contributed by atoms with Crippen LogP contribution in [0.1, 0.15) is 64.5 Å². The highest BCUT2D eigenvalue weighted by molar-refractivity contribution is 8.01. The Morgan fingerprint density at radius 3 is 2.42 bits per heavy atom. The average molecular weight is 667 g/mol. The van der Waals surface area contributed by atoms with Crippen molar-refractivity contribution in [3.05, 3.63) is 83.9 Å². The van der Waals surface area contributed by atoms with Gasteiger partial charge >= 0.3 is 0 Å². The minimum atomic E-state index is -0.661. The summed E-state index contributed by atoms with van der Waals surface area (Å²) in [7, 11) is 0. The van der Waals surface area contributed by atoms with Crippen molar-refractivity contribution in [2.24, 2.45) is 5.10 Å². The summed E-state index contributed by atoms with van der Waals surface area (Å²) < 4.78 is 7.83. The molecule has 2 unspecified atom stereocenters. The quantitative estimate of drug-likeness (QED) is 0.196. The smallest absolute Gasteiger partial charge is 0.268 e. The van der Waals surface area contributed by atoms with E-state index >= 15 is 0 Å². The minimum absolute atomic E-state index is 0.0677. The Labute approximate surface area is 285 Å². The van der Waals surface area contributed by atoms with E-state index in [-0.39, 0.29) is 17.2 Å². The molecule has 3 heterocycles. The third-order valence-electron chi connectivity index (χ3n) is 9.12. The fourth-order valence-electron chi connectivity index (χ4n) is 5.77. The van der Waals surface area contributed by atoms with Gasteiger partial charge in [0.2, 0.25) is 5.16 Å². The van der Waals surface area contributed by atoms with Crippen molar-refractivity contribution in [1.82, 2.24) is 25.1 Å². The Balaban J connectivity index is 1.15. The lowest BCUT2D eigenvalue weighted by Gasteiger charge is -2.25. The molecule has 1 saturated heterocycles. The number of ether oxygens (including phenoxy) is 1. The second-order valence-corrected chi connectivity index (χ2v) is 13.8. The maximum atomic E-state index is 13.9. The van der Waals surface area contributed by atoms with E-state index in [1.165, 1.54) is 22.3 Å². The van der Waals surface area contributed by atoms with E-state index in [0.717, 1.165) is 43.6 Å². The van der Waals surface area contributed by atoms with E-state index in [4.69, 9.17) is 9.84 Å². The van der Waals surface area contributed by atoms with Gasteiger partial charge in [0, 0.05) is 18.8 Å². The molecular weight excluding hydrogens is 625 g/mol. The van der Waals surface area contributed by atoms with Crippen molar-refractivity contribution >= 4 is 40.8 Å². The molecule has 2 aliphatic rings. The lowest BCUT2D eigenvalue weighted by Crippen LogP contribution is -2.37. The highest BCUT2D eigenvalue weighted by Crippen LogP contribution is 2.34. The molecule has 6 rings (SSSR count). The van der Waals surface area contributed by atoms with Gasteiger partial charge in [-0.2, -0.15) is 14.8 Å². The lowest BCUT2D eigenvalue weighted by molar-refractivity contribution is -0.122. The van der Waals surface area contributed by atoms with Crippen LogP contribution in [0.15, 0.2) is 83.1 Å². The largest absolute Gasteiger partial charge is 0.480 e. The molecule has 12 heteroatoms. The highest BCUT2D eigenvalue weighted by Gasteiger charge is 2.42. The van der Waals surface area contributed by atoms with Crippen LogP contribution < -0.4 is 15.1 Å². The summed E-state index contributed by atoms with van der Waals surface area (Å²) in [5.41, 5.74) is 4.34. The van der Waals surface area contributed by atoms with Gasteiger partial charge in [0.15, 0.2) is 11.4 Å². The fraction of sp³-hybridized carbons (Fsp3) is 0.389. The second kappa shape index (κ2) is 14.2. The van der Waals surface area contributed by atoms with Gasteiger partial charge in [0.05, 0.1) is 11.4 Å². The van der Waals surface area contributed by atoms with Crippen molar-refractivity contribution in [3.8, 4) is 11.4 Å². The molecule has 0 aliphatic carbocycles. The van der Waals surface area contributed by atoms with E-state index in [9.17, 15) is 9.59 Å². The third-order valence-corrected chi connectivity index (χ3v) is 10.2. The van der Waals surface area contributed by atoms with Gasteiger partial charge in [-0.25, -0.2) is 0 Å². The summed E-state index contributed by atoms with van der Waals surface area (Å²) in [6, 6.07) is 22.9. The van der Waals surface area contributed by atoms with Gasteiger partial charge < -0.3 is 15.0 Å². The average Bonchev–Trinajstić information content (AvgIpc) is 3.87. The lowest BCUT2D eigenvalue weighted by atomic mass is 9.81. The van der Waals surface area contributed by atoms with Gasteiger partial charge in [-0.3, -0.25) is 9.59 Å². The molecule has 48 heavy (non-hydrogen) atoms. The van der Waals surface area contributed by atoms with E-state index in [1.54, 1.807) is 28.9 Å². The van der Waals surface area contributed by atoms with Gasteiger partial charge in [0.25, 0.3) is 11.8 Å². The number of hydrogen-bond acceptors (Lipinski definition) is 9. The molecule has 250 valence electrons. The van der Waals surface area contributed by atoms with Gasteiger partial charge in [-0.1, -0.05) is 69.8 Å². The molecule has 2 atom stereocenters. The fourth-order valence-corrected chi connectivity index (χ4v) is 6.81. The number of hydrazone groups is 1. The molecule has 11 nitrogen and oxygen atoms in total. The number of nitrogens with one attached hydrogen (secondary N) is 1. The highest BCUT2D eigenvalue weighted by atomic mass is 32.2. The van der Waals surface area contributed by atoms with E-state index in [2.05, 4.69) is 58.6 Å². The monoisotopic (exact) mass is 666 g/mol. The zero-order chi connectivity index (χ0) is 33.8. The van der Waals surface area contributed by atoms with Crippen molar-refractivity contribution in [3.63, 3.8) is 0 Å². The van der Waals surface area contributed by atoms with Crippen LogP contribution >= 0.6 is 11.8 Å². The van der Waals surface area contributed by atoms with E-state index in [1.807, 2.05) is 50.2 Å². The van der Waals surface area contributed by atoms with Crippen LogP contribution in [0.3, 0.4) is 0 Å². The predicted molar refractivity (Wildman–Crippen MR) is 189 cm³/mol. The van der Waals surface area contributed by atoms with Gasteiger partial charge in [-0.05, 0) is 102 Å². The molecule has 0 bridgehead atoms. The number of nitrogens with zero attached hydrogens (tertiary/aromatic N) is 7. The molecule has 2 aliphatic heterocycles. The molecular formula is C36H42N8O3S. The topological polar surface area (TPSA) is 118 Å². The number of carbonyl (C=O) groups is 2. The number of anilines is 2. The first-order valence-corrected chi connectivity index (χ1v) is 17.4. The number of amidine groups is 1. The number of hydrogen-bond donors (Lipinski definition) is 1. The summed E-state index contributed by atoms with van der Waals surface area (Å²) >= 11 is 1.29. The van der Waals surface area contributed by atoms with Crippen molar-refractivity contribution < 1.29 is 14.3 Å². The van der Waals surface area contributed by atoms with Crippen LogP contribution in [0.4, 0.5) is 11.4 Å². The molecule has 1 fully saturated rings. The number of para-hydroxylation sites is 1. The second-order valence-electron chi connectivity index (χ2n) is 12.8. The summed E-state index contributed by atoms with van der Waals surface area (Å²) in [5, 5.41) is 21.4. The molecule has 2 amide bonds. The number of thioether (sulfide) groups is 1. The van der Waals surface area contributed by atoms with Crippen LogP contribution in [0.2, 0.25) is 0 Å². The van der Waals surface area contributed by atoms with Gasteiger partial charge in [-0.15, -0.1) is 5.10 Å².